The predicted molar refractivity (Wildman–Crippen MR) is 129 cm³/mol. The van der Waals surface area contributed by atoms with Gasteiger partial charge in [-0.15, -0.1) is 11.8 Å². The van der Waals surface area contributed by atoms with E-state index in [0.29, 0.717) is 28.0 Å². The first kappa shape index (κ1) is 24.1. The van der Waals surface area contributed by atoms with Crippen molar-refractivity contribution in [2.75, 3.05) is 5.75 Å². The minimum absolute atomic E-state index is 0.0468. The monoisotopic (exact) mass is 498 g/mol. The minimum atomic E-state index is -3.75. The fraction of sp³-hybridized carbons (Fsp3) is 0.200. The molecule has 0 bridgehead atoms. The number of Topliss-reactive ketones (excluding diaryl/α,β-unsaturated/α-hetero) is 1. The Morgan fingerprint density at radius 2 is 1.68 bits per heavy atom. The third-order valence-electron chi connectivity index (χ3n) is 5.58. The second kappa shape index (κ2) is 10.1. The lowest BCUT2D eigenvalue weighted by Gasteiger charge is -2.26. The number of sulfonamides is 1. The Morgan fingerprint density at radius 1 is 1.00 bits per heavy atom. The minimum Gasteiger partial charge on any atom is -0.345 e. The molecule has 4 rings (SSSR count). The van der Waals surface area contributed by atoms with Gasteiger partial charge in [-0.1, -0.05) is 36.4 Å². The Labute approximate surface area is 202 Å². The van der Waals surface area contributed by atoms with E-state index in [-0.39, 0.29) is 35.0 Å². The zero-order valence-electron chi connectivity index (χ0n) is 18.4. The van der Waals surface area contributed by atoms with Crippen LogP contribution in [0.2, 0.25) is 0 Å². The molecule has 0 saturated carbocycles. The molecule has 3 aromatic rings. The summed E-state index contributed by atoms with van der Waals surface area (Å²) in [5.41, 5.74) is 2.34. The van der Waals surface area contributed by atoms with Crippen LogP contribution in [-0.4, -0.2) is 25.9 Å². The number of benzene rings is 3. The van der Waals surface area contributed by atoms with Gasteiger partial charge in [-0.3, -0.25) is 9.59 Å². The van der Waals surface area contributed by atoms with Gasteiger partial charge in [-0.2, -0.15) is 0 Å². The highest BCUT2D eigenvalue weighted by Gasteiger charge is 2.25. The van der Waals surface area contributed by atoms with Crippen molar-refractivity contribution >= 4 is 33.5 Å². The number of fused-ring (bicyclic) bond motifs is 1. The maximum atomic E-state index is 14.1. The van der Waals surface area contributed by atoms with E-state index in [1.807, 2.05) is 6.07 Å². The van der Waals surface area contributed by atoms with Crippen LogP contribution >= 0.6 is 11.8 Å². The first-order valence-electron chi connectivity index (χ1n) is 10.7. The van der Waals surface area contributed by atoms with Gasteiger partial charge in [-0.05, 0) is 54.8 Å². The Balaban J connectivity index is 1.38. The highest BCUT2D eigenvalue weighted by atomic mass is 32.2. The molecule has 1 atom stereocenters. The van der Waals surface area contributed by atoms with Crippen LogP contribution in [0, 0.1) is 5.82 Å². The Morgan fingerprint density at radius 3 is 2.35 bits per heavy atom. The molecule has 1 aliphatic heterocycles. The number of hydrogen-bond acceptors (Lipinski definition) is 5. The summed E-state index contributed by atoms with van der Waals surface area (Å²) in [5.74, 6) is 0.0303. The number of carbonyl (C=O) groups excluding carboxylic acids is 2. The van der Waals surface area contributed by atoms with Gasteiger partial charge >= 0.3 is 0 Å². The summed E-state index contributed by atoms with van der Waals surface area (Å²) in [5, 5.41) is 2.97. The van der Waals surface area contributed by atoms with E-state index in [2.05, 4.69) is 10.0 Å². The van der Waals surface area contributed by atoms with Gasteiger partial charge in [0, 0.05) is 28.3 Å². The molecule has 0 aromatic heterocycles. The van der Waals surface area contributed by atoms with E-state index in [1.165, 1.54) is 49.0 Å². The summed E-state index contributed by atoms with van der Waals surface area (Å²) in [6.45, 7) is 1.46. The van der Waals surface area contributed by atoms with E-state index in [0.717, 1.165) is 11.3 Å². The smallest absolute Gasteiger partial charge is 0.251 e. The average molecular weight is 499 g/mol. The van der Waals surface area contributed by atoms with Crippen molar-refractivity contribution in [3.63, 3.8) is 0 Å². The van der Waals surface area contributed by atoms with Crippen LogP contribution in [0.15, 0.2) is 76.5 Å². The molecular formula is C25H23FN2O4S2. The maximum absolute atomic E-state index is 14.1. The molecular weight excluding hydrogens is 475 g/mol. The van der Waals surface area contributed by atoms with Crippen LogP contribution in [0.4, 0.5) is 4.39 Å². The number of hydrogen-bond donors (Lipinski definition) is 2. The van der Waals surface area contributed by atoms with E-state index in [9.17, 15) is 22.4 Å². The van der Waals surface area contributed by atoms with Gasteiger partial charge in [0.2, 0.25) is 10.0 Å². The van der Waals surface area contributed by atoms with Crippen LogP contribution in [0.3, 0.4) is 0 Å². The second-order valence-corrected chi connectivity index (χ2v) is 10.8. The van der Waals surface area contributed by atoms with Crippen LogP contribution in [0.25, 0.3) is 0 Å². The normalized spacial score (nSPS) is 15.4. The second-order valence-electron chi connectivity index (χ2n) is 7.92. The molecule has 0 fully saturated rings. The van der Waals surface area contributed by atoms with Crippen molar-refractivity contribution in [1.29, 1.82) is 0 Å². The fourth-order valence-corrected chi connectivity index (χ4v) is 5.84. The molecule has 0 radical (unpaired) electrons. The zero-order valence-corrected chi connectivity index (χ0v) is 20.0. The molecule has 9 heteroatoms. The number of thioether (sulfide) groups is 1. The van der Waals surface area contributed by atoms with Crippen molar-refractivity contribution in [1.82, 2.24) is 10.0 Å². The molecule has 34 heavy (non-hydrogen) atoms. The molecule has 176 valence electrons. The quantitative estimate of drug-likeness (QED) is 0.469. The number of amides is 1. The Bertz CT molecular complexity index is 1320. The van der Waals surface area contributed by atoms with Crippen molar-refractivity contribution in [3.05, 3.63) is 94.8 Å². The first-order chi connectivity index (χ1) is 16.2. The van der Waals surface area contributed by atoms with Gasteiger partial charge in [0.15, 0.2) is 5.78 Å². The van der Waals surface area contributed by atoms with Crippen LogP contribution in [-0.2, 0) is 16.6 Å². The third-order valence-corrected chi connectivity index (χ3v) is 8.16. The highest BCUT2D eigenvalue weighted by molar-refractivity contribution is 7.99. The largest absolute Gasteiger partial charge is 0.345 e. The molecule has 1 aliphatic rings. The predicted octanol–water partition coefficient (Wildman–Crippen LogP) is 4.47. The summed E-state index contributed by atoms with van der Waals surface area (Å²) < 4.78 is 41.6. The molecule has 2 N–H and O–H groups in total. The zero-order chi connectivity index (χ0) is 24.3. The number of halogens is 1. The molecule has 1 heterocycles. The summed E-state index contributed by atoms with van der Waals surface area (Å²) >= 11 is 1.45. The topological polar surface area (TPSA) is 92.3 Å². The molecule has 0 spiro atoms. The Kier molecular flexibility index (Phi) is 7.16. The number of carbonyl (C=O) groups is 2. The van der Waals surface area contributed by atoms with Gasteiger partial charge in [0.25, 0.3) is 5.91 Å². The number of nitrogens with one attached hydrogen (secondary N) is 2. The van der Waals surface area contributed by atoms with Crippen LogP contribution in [0.5, 0.6) is 0 Å². The van der Waals surface area contributed by atoms with E-state index in [1.54, 1.807) is 30.3 Å². The maximum Gasteiger partial charge on any atom is 0.251 e. The summed E-state index contributed by atoms with van der Waals surface area (Å²) in [6.07, 6.45) is 0.708. The standard InChI is InChI=1S/C25H23FN2O4S2/c1-16(29)18-9-11-20(12-10-18)34(31,32)27-15-17-5-7-19(8-6-17)25(30)28-23-13-14-33-24-21(23)3-2-4-22(24)26/h2-12,23,27H,13-15H2,1H3,(H,28,30)/t23-/m1/s1. The molecule has 1 amide bonds. The lowest BCUT2D eigenvalue weighted by molar-refractivity contribution is 0.0934. The summed E-state index contributed by atoms with van der Waals surface area (Å²) in [6, 6.07) is 17.0. The average Bonchev–Trinajstić information content (AvgIpc) is 2.84. The van der Waals surface area contributed by atoms with Crippen LogP contribution < -0.4 is 10.0 Å². The van der Waals surface area contributed by atoms with Crippen molar-refractivity contribution < 1.29 is 22.4 Å². The highest BCUT2D eigenvalue weighted by Crippen LogP contribution is 2.37. The lowest BCUT2D eigenvalue weighted by Crippen LogP contribution is -2.31. The first-order valence-corrected chi connectivity index (χ1v) is 13.1. The van der Waals surface area contributed by atoms with Crippen molar-refractivity contribution in [3.8, 4) is 0 Å². The Hall–Kier alpha value is -3.01. The molecule has 0 saturated heterocycles. The molecule has 3 aromatic carbocycles. The third kappa shape index (κ3) is 5.38. The van der Waals surface area contributed by atoms with Gasteiger partial charge in [0.05, 0.1) is 10.9 Å². The number of rotatable bonds is 7. The van der Waals surface area contributed by atoms with Crippen molar-refractivity contribution in [2.45, 2.75) is 35.7 Å². The summed E-state index contributed by atoms with van der Waals surface area (Å²) in [4.78, 5) is 24.8. The summed E-state index contributed by atoms with van der Waals surface area (Å²) in [7, 11) is -3.75. The van der Waals surface area contributed by atoms with E-state index < -0.39 is 10.0 Å². The lowest BCUT2D eigenvalue weighted by atomic mass is 10.0. The molecule has 0 aliphatic carbocycles. The van der Waals surface area contributed by atoms with Gasteiger partial charge in [-0.25, -0.2) is 17.5 Å². The molecule has 0 unspecified atom stereocenters. The van der Waals surface area contributed by atoms with E-state index >= 15 is 0 Å². The van der Waals surface area contributed by atoms with Crippen LogP contribution in [0.1, 0.15) is 51.2 Å². The molecule has 6 nitrogen and oxygen atoms in total. The van der Waals surface area contributed by atoms with E-state index in [4.69, 9.17) is 0 Å². The van der Waals surface area contributed by atoms with Gasteiger partial charge < -0.3 is 5.32 Å². The fourth-order valence-electron chi connectivity index (χ4n) is 3.68. The van der Waals surface area contributed by atoms with Gasteiger partial charge in [0.1, 0.15) is 5.82 Å². The van der Waals surface area contributed by atoms with Crippen molar-refractivity contribution in [2.24, 2.45) is 0 Å². The number of ketones is 1. The SMILES string of the molecule is CC(=O)c1ccc(S(=O)(=O)NCc2ccc(C(=O)N[C@@H]3CCSc4c(F)cccc43)cc2)cc1.